The Morgan fingerprint density at radius 1 is 1.23 bits per heavy atom. The number of sulfonamides is 1. The summed E-state index contributed by atoms with van der Waals surface area (Å²) in [5.74, 6) is 0.388. The number of anilines is 1. The molecule has 0 radical (unpaired) electrons. The normalized spacial score (nSPS) is 11.5. The second-order valence-electron chi connectivity index (χ2n) is 4.43. The third-order valence-corrected chi connectivity index (χ3v) is 4.90. The topological polar surface area (TPSA) is 81.4 Å². The Morgan fingerprint density at radius 3 is 2.77 bits per heavy atom. The summed E-state index contributed by atoms with van der Waals surface area (Å²) in [5.41, 5.74) is 0.479. The van der Waals surface area contributed by atoms with Gasteiger partial charge in [0.05, 0.1) is 12.5 Å². The fourth-order valence-corrected chi connectivity index (χ4v) is 3.53. The minimum absolute atomic E-state index is 0.0331. The lowest BCUT2D eigenvalue weighted by molar-refractivity contribution is 0.403. The quantitative estimate of drug-likeness (QED) is 0.747. The van der Waals surface area contributed by atoms with Crippen molar-refractivity contribution in [2.45, 2.75) is 4.90 Å². The number of rotatable bonds is 4. The van der Waals surface area contributed by atoms with Crippen LogP contribution in [0.4, 0.5) is 5.82 Å². The van der Waals surface area contributed by atoms with Gasteiger partial charge in [0.2, 0.25) is 0 Å². The van der Waals surface area contributed by atoms with Gasteiger partial charge in [-0.3, -0.25) is 4.72 Å². The third-order valence-electron chi connectivity index (χ3n) is 3.02. The summed E-state index contributed by atoms with van der Waals surface area (Å²) in [6.07, 6.45) is 0. The zero-order valence-corrected chi connectivity index (χ0v) is 13.8. The fourth-order valence-electron chi connectivity index (χ4n) is 2.01. The zero-order valence-electron chi connectivity index (χ0n) is 11.4. The number of fused-ring (bicyclic) bond motifs is 1. The van der Waals surface area contributed by atoms with E-state index in [1.807, 2.05) is 0 Å². The maximum absolute atomic E-state index is 12.5. The fraction of sp³-hybridized carbons (Fsp3) is 0.0714. The molecule has 0 bridgehead atoms. The molecule has 0 saturated heterocycles. The number of benzene rings is 2. The van der Waals surface area contributed by atoms with Gasteiger partial charge < -0.3 is 9.26 Å². The molecule has 1 heterocycles. The highest BCUT2D eigenvalue weighted by Gasteiger charge is 2.22. The molecule has 3 aromatic rings. The molecule has 8 heteroatoms. The number of hydrogen-bond donors (Lipinski definition) is 1. The summed E-state index contributed by atoms with van der Waals surface area (Å²) in [6, 6.07) is 11.6. The Morgan fingerprint density at radius 2 is 2.00 bits per heavy atom. The van der Waals surface area contributed by atoms with E-state index in [1.54, 1.807) is 36.4 Å². The van der Waals surface area contributed by atoms with Gasteiger partial charge in [-0.25, -0.2) is 8.42 Å². The lowest BCUT2D eigenvalue weighted by Crippen LogP contribution is -2.14. The highest BCUT2D eigenvalue weighted by atomic mass is 79.9. The molecule has 0 amide bonds. The van der Waals surface area contributed by atoms with Crippen molar-refractivity contribution in [3.63, 3.8) is 0 Å². The summed E-state index contributed by atoms with van der Waals surface area (Å²) in [6.45, 7) is 0. The summed E-state index contributed by atoms with van der Waals surface area (Å²) < 4.78 is 38.5. The number of hydrogen-bond acceptors (Lipinski definition) is 5. The average Bonchev–Trinajstić information content (AvgIpc) is 2.88. The minimum Gasteiger partial charge on any atom is -0.495 e. The average molecular weight is 383 g/mol. The largest absolute Gasteiger partial charge is 0.495 e. The van der Waals surface area contributed by atoms with Crippen LogP contribution in [0.25, 0.3) is 11.0 Å². The molecule has 0 fully saturated rings. The lowest BCUT2D eigenvalue weighted by Gasteiger charge is -2.09. The van der Waals surface area contributed by atoms with Crippen LogP contribution in [0.3, 0.4) is 0 Å². The molecule has 6 nitrogen and oxygen atoms in total. The summed E-state index contributed by atoms with van der Waals surface area (Å²) in [7, 11) is -2.42. The second kappa shape index (κ2) is 5.62. The summed E-state index contributed by atoms with van der Waals surface area (Å²) in [4.78, 5) is 0.0331. The standard InChI is InChI=1S/C14H11BrN2O4S/c1-20-11-4-2-3-5-13(11)22(18,19)17-14-10-7-6-9(15)8-12(10)21-16-14/h2-8H,1H3,(H,16,17). The Hall–Kier alpha value is -2.06. The van der Waals surface area contributed by atoms with Crippen LogP contribution in [0.2, 0.25) is 0 Å². The van der Waals surface area contributed by atoms with Crippen molar-refractivity contribution < 1.29 is 17.7 Å². The molecule has 0 aliphatic carbocycles. The number of ether oxygens (including phenoxy) is 1. The molecule has 114 valence electrons. The monoisotopic (exact) mass is 382 g/mol. The van der Waals surface area contributed by atoms with Crippen LogP contribution in [0, 0.1) is 0 Å². The maximum Gasteiger partial charge on any atom is 0.266 e. The molecular weight excluding hydrogens is 372 g/mol. The van der Waals surface area contributed by atoms with Gasteiger partial charge in [0.25, 0.3) is 10.0 Å². The first-order chi connectivity index (χ1) is 10.5. The Bertz CT molecular complexity index is 937. The van der Waals surface area contributed by atoms with Crippen molar-refractivity contribution in [2.24, 2.45) is 0 Å². The predicted molar refractivity (Wildman–Crippen MR) is 85.5 cm³/mol. The second-order valence-corrected chi connectivity index (χ2v) is 6.99. The van der Waals surface area contributed by atoms with Crippen LogP contribution in [-0.2, 0) is 10.0 Å². The van der Waals surface area contributed by atoms with Crippen molar-refractivity contribution in [3.8, 4) is 5.75 Å². The maximum atomic E-state index is 12.5. The van der Waals surface area contributed by atoms with E-state index in [4.69, 9.17) is 9.26 Å². The number of para-hydroxylation sites is 1. The number of nitrogens with one attached hydrogen (secondary N) is 1. The molecule has 0 aliphatic rings. The van der Waals surface area contributed by atoms with Gasteiger partial charge in [0.1, 0.15) is 10.6 Å². The van der Waals surface area contributed by atoms with Crippen LogP contribution in [0.5, 0.6) is 5.75 Å². The molecule has 0 unspecified atom stereocenters. The molecule has 0 saturated carbocycles. The van der Waals surface area contributed by atoms with Crippen LogP contribution in [0.1, 0.15) is 0 Å². The Kier molecular flexibility index (Phi) is 3.79. The Labute approximate surface area is 135 Å². The van der Waals surface area contributed by atoms with Gasteiger partial charge in [-0.05, 0) is 30.3 Å². The molecule has 0 spiro atoms. The van der Waals surface area contributed by atoms with Crippen LogP contribution >= 0.6 is 15.9 Å². The van der Waals surface area contributed by atoms with Crippen LogP contribution in [-0.4, -0.2) is 20.7 Å². The minimum atomic E-state index is -3.84. The van der Waals surface area contributed by atoms with E-state index < -0.39 is 10.0 Å². The van der Waals surface area contributed by atoms with Crippen molar-refractivity contribution in [3.05, 3.63) is 46.9 Å². The molecule has 1 aromatic heterocycles. The number of aromatic nitrogens is 1. The van der Waals surface area contributed by atoms with E-state index in [-0.39, 0.29) is 16.5 Å². The highest BCUT2D eigenvalue weighted by molar-refractivity contribution is 9.10. The molecule has 0 aliphatic heterocycles. The number of methoxy groups -OCH3 is 1. The van der Waals surface area contributed by atoms with E-state index in [9.17, 15) is 8.42 Å². The van der Waals surface area contributed by atoms with Gasteiger partial charge in [0.15, 0.2) is 11.4 Å². The SMILES string of the molecule is COc1ccccc1S(=O)(=O)Nc1noc2cc(Br)ccc12. The smallest absolute Gasteiger partial charge is 0.266 e. The molecule has 2 aromatic carbocycles. The Balaban J connectivity index is 2.03. The van der Waals surface area contributed by atoms with E-state index in [0.717, 1.165) is 4.47 Å². The van der Waals surface area contributed by atoms with Gasteiger partial charge in [0, 0.05) is 4.47 Å². The van der Waals surface area contributed by atoms with E-state index in [1.165, 1.54) is 13.2 Å². The van der Waals surface area contributed by atoms with Gasteiger partial charge in [-0.15, -0.1) is 0 Å². The van der Waals surface area contributed by atoms with Crippen molar-refractivity contribution in [1.29, 1.82) is 0 Å². The van der Waals surface area contributed by atoms with Gasteiger partial charge in [-0.2, -0.15) is 0 Å². The first-order valence-corrected chi connectivity index (χ1v) is 8.49. The van der Waals surface area contributed by atoms with E-state index >= 15 is 0 Å². The first-order valence-electron chi connectivity index (χ1n) is 6.22. The van der Waals surface area contributed by atoms with Gasteiger partial charge >= 0.3 is 0 Å². The third kappa shape index (κ3) is 2.67. The first kappa shape index (κ1) is 14.9. The van der Waals surface area contributed by atoms with E-state index in [2.05, 4.69) is 25.8 Å². The molecule has 22 heavy (non-hydrogen) atoms. The molecule has 1 N–H and O–H groups in total. The molecular formula is C14H11BrN2O4S. The summed E-state index contributed by atoms with van der Waals surface area (Å²) in [5, 5.41) is 4.35. The van der Waals surface area contributed by atoms with E-state index in [0.29, 0.717) is 11.0 Å². The van der Waals surface area contributed by atoms with Crippen molar-refractivity contribution in [1.82, 2.24) is 5.16 Å². The summed E-state index contributed by atoms with van der Waals surface area (Å²) >= 11 is 3.32. The van der Waals surface area contributed by atoms with Crippen LogP contribution < -0.4 is 9.46 Å². The van der Waals surface area contributed by atoms with Crippen molar-refractivity contribution >= 4 is 42.7 Å². The lowest BCUT2D eigenvalue weighted by atomic mass is 10.2. The highest BCUT2D eigenvalue weighted by Crippen LogP contribution is 2.29. The zero-order chi connectivity index (χ0) is 15.7. The molecule has 3 rings (SSSR count). The number of nitrogens with zero attached hydrogens (tertiary/aromatic N) is 1. The van der Waals surface area contributed by atoms with Crippen LogP contribution in [0.15, 0.2) is 56.4 Å². The van der Waals surface area contributed by atoms with Crippen molar-refractivity contribution in [2.75, 3.05) is 11.8 Å². The van der Waals surface area contributed by atoms with Gasteiger partial charge in [-0.1, -0.05) is 33.2 Å². The molecule has 0 atom stereocenters. The number of halogens is 1. The predicted octanol–water partition coefficient (Wildman–Crippen LogP) is 3.40.